The molecule has 1 N–H and O–H groups in total. The molecule has 6 fully saturated rings. The minimum Gasteiger partial charge on any atom is -0.393 e. The molecule has 186 valence electrons. The van der Waals surface area contributed by atoms with Crippen LogP contribution in [-0.4, -0.2) is 17.5 Å². The third kappa shape index (κ3) is 2.59. The van der Waals surface area contributed by atoms with Gasteiger partial charge in [-0.1, -0.05) is 41.5 Å². The van der Waals surface area contributed by atoms with Crippen molar-refractivity contribution in [2.75, 3.05) is 0 Å². The van der Waals surface area contributed by atoms with E-state index in [1.54, 1.807) is 0 Å². The molecular formula is C31H50O2. The summed E-state index contributed by atoms with van der Waals surface area (Å²) >= 11 is 0. The van der Waals surface area contributed by atoms with Gasteiger partial charge in [-0.25, -0.2) is 0 Å². The number of aliphatic hydroxyl groups is 1. The Labute approximate surface area is 203 Å². The third-order valence-electron chi connectivity index (χ3n) is 14.9. The van der Waals surface area contributed by atoms with Crippen LogP contribution in [0.4, 0.5) is 0 Å². The molecule has 6 saturated carbocycles. The van der Waals surface area contributed by atoms with Crippen LogP contribution in [0.25, 0.3) is 0 Å². The van der Waals surface area contributed by atoms with Crippen LogP contribution in [0, 0.1) is 62.1 Å². The highest BCUT2D eigenvalue weighted by Gasteiger charge is 2.73. The Morgan fingerprint density at radius 2 is 1.24 bits per heavy atom. The van der Waals surface area contributed by atoms with Gasteiger partial charge in [-0.15, -0.1) is 0 Å². The molecule has 0 amide bonds. The Morgan fingerprint density at radius 1 is 0.636 bits per heavy atom. The van der Waals surface area contributed by atoms with Crippen molar-refractivity contribution in [3.8, 4) is 0 Å². The van der Waals surface area contributed by atoms with Crippen LogP contribution in [0.5, 0.6) is 0 Å². The predicted octanol–water partition coefficient (Wildman–Crippen LogP) is 7.43. The first kappa shape index (κ1) is 23.1. The van der Waals surface area contributed by atoms with Gasteiger partial charge in [-0.3, -0.25) is 0 Å². The molecule has 0 unspecified atom stereocenters. The molecule has 0 heterocycles. The number of aldehydes is 1. The van der Waals surface area contributed by atoms with Crippen LogP contribution in [0.1, 0.15) is 119 Å². The Kier molecular flexibility index (Phi) is 4.67. The summed E-state index contributed by atoms with van der Waals surface area (Å²) in [6.07, 6.45) is 16.5. The lowest BCUT2D eigenvalue weighted by atomic mass is 9.34. The average molecular weight is 455 g/mol. The molecule has 6 aliphatic rings. The summed E-state index contributed by atoms with van der Waals surface area (Å²) in [6, 6.07) is 0. The summed E-state index contributed by atoms with van der Waals surface area (Å²) in [5.41, 5.74) is 1.58. The van der Waals surface area contributed by atoms with Crippen molar-refractivity contribution >= 4 is 6.29 Å². The zero-order valence-electron chi connectivity index (χ0n) is 22.4. The fourth-order valence-electron chi connectivity index (χ4n) is 11.9. The van der Waals surface area contributed by atoms with Gasteiger partial charge in [-0.05, 0) is 134 Å². The van der Waals surface area contributed by atoms with Gasteiger partial charge < -0.3 is 9.90 Å². The molecular weight excluding hydrogens is 404 g/mol. The zero-order valence-corrected chi connectivity index (χ0v) is 22.4. The zero-order chi connectivity index (χ0) is 23.7. The fourth-order valence-corrected chi connectivity index (χ4v) is 11.9. The van der Waals surface area contributed by atoms with Gasteiger partial charge in [0, 0.05) is 5.41 Å². The molecule has 2 nitrogen and oxygen atoms in total. The SMILES string of the molecule is CC1(C)[C@@H]2CC[C@]3(C)[C@H](CC[C@@H]4[C@H]5[C@](C=O)(CC[C@@]5(C)C5(C)CC5)CC[C@]43C)[C@H]2CC[C@@H]1O. The van der Waals surface area contributed by atoms with Gasteiger partial charge in [-0.2, -0.15) is 0 Å². The fraction of sp³-hybridized carbons (Fsp3) is 0.968. The van der Waals surface area contributed by atoms with Gasteiger partial charge in [0.15, 0.2) is 0 Å². The smallest absolute Gasteiger partial charge is 0.126 e. The van der Waals surface area contributed by atoms with E-state index in [2.05, 4.69) is 41.5 Å². The van der Waals surface area contributed by atoms with Crippen molar-refractivity contribution in [2.24, 2.45) is 62.1 Å². The number of carbonyl (C=O) groups excluding carboxylic acids is 1. The first-order valence-corrected chi connectivity index (χ1v) is 14.5. The molecule has 33 heavy (non-hydrogen) atoms. The molecule has 6 rings (SSSR count). The molecule has 0 saturated heterocycles. The van der Waals surface area contributed by atoms with Gasteiger partial charge in [0.25, 0.3) is 0 Å². The Morgan fingerprint density at radius 3 is 1.88 bits per heavy atom. The monoisotopic (exact) mass is 454 g/mol. The molecule has 0 bridgehead atoms. The molecule has 0 radical (unpaired) electrons. The summed E-state index contributed by atoms with van der Waals surface area (Å²) < 4.78 is 0. The van der Waals surface area contributed by atoms with Crippen LogP contribution in [-0.2, 0) is 4.79 Å². The summed E-state index contributed by atoms with van der Waals surface area (Å²) in [5, 5.41) is 10.8. The lowest BCUT2D eigenvalue weighted by Crippen LogP contribution is -2.64. The predicted molar refractivity (Wildman–Crippen MR) is 134 cm³/mol. The second-order valence-electron chi connectivity index (χ2n) is 15.7. The largest absolute Gasteiger partial charge is 0.393 e. The highest BCUT2D eigenvalue weighted by Crippen LogP contribution is 2.80. The van der Waals surface area contributed by atoms with Crippen molar-refractivity contribution in [1.29, 1.82) is 0 Å². The third-order valence-corrected chi connectivity index (χ3v) is 14.9. The van der Waals surface area contributed by atoms with E-state index in [0.717, 1.165) is 31.1 Å². The van der Waals surface area contributed by atoms with E-state index in [1.165, 1.54) is 64.1 Å². The van der Waals surface area contributed by atoms with E-state index < -0.39 is 0 Å². The summed E-state index contributed by atoms with van der Waals surface area (Å²) in [7, 11) is 0. The minimum absolute atomic E-state index is 0.0398. The van der Waals surface area contributed by atoms with Gasteiger partial charge >= 0.3 is 0 Å². The second kappa shape index (κ2) is 6.68. The quantitative estimate of drug-likeness (QED) is 0.441. The van der Waals surface area contributed by atoms with E-state index in [1.807, 2.05) is 0 Å². The average Bonchev–Trinajstić information content (AvgIpc) is 3.45. The van der Waals surface area contributed by atoms with E-state index in [9.17, 15) is 9.90 Å². The highest BCUT2D eigenvalue weighted by atomic mass is 16.3. The first-order valence-electron chi connectivity index (χ1n) is 14.5. The van der Waals surface area contributed by atoms with E-state index in [4.69, 9.17) is 0 Å². The van der Waals surface area contributed by atoms with Crippen molar-refractivity contribution in [2.45, 2.75) is 125 Å². The van der Waals surface area contributed by atoms with Crippen molar-refractivity contribution in [3.63, 3.8) is 0 Å². The molecule has 0 aliphatic heterocycles. The highest BCUT2D eigenvalue weighted by molar-refractivity contribution is 5.62. The van der Waals surface area contributed by atoms with Gasteiger partial charge in [0.05, 0.1) is 6.10 Å². The van der Waals surface area contributed by atoms with E-state index in [-0.39, 0.29) is 16.9 Å². The molecule has 0 aromatic rings. The van der Waals surface area contributed by atoms with Gasteiger partial charge in [0.2, 0.25) is 0 Å². The number of hydrogen-bond donors (Lipinski definition) is 1. The summed E-state index contributed by atoms with van der Waals surface area (Å²) in [5.74, 6) is 3.57. The number of hydrogen-bond acceptors (Lipinski definition) is 2. The first-order chi connectivity index (χ1) is 15.4. The lowest BCUT2D eigenvalue weighted by Gasteiger charge is -2.70. The number of rotatable bonds is 2. The molecule has 2 heteroatoms. The maximum atomic E-state index is 12.8. The number of carbonyl (C=O) groups is 1. The van der Waals surface area contributed by atoms with Crippen LogP contribution in [0.2, 0.25) is 0 Å². The Balaban J connectivity index is 1.39. The lowest BCUT2D eigenvalue weighted by molar-refractivity contribution is -0.225. The molecule has 10 atom stereocenters. The van der Waals surface area contributed by atoms with Crippen LogP contribution in [0.3, 0.4) is 0 Å². The summed E-state index contributed by atoms with van der Waals surface area (Å²) in [6.45, 7) is 15.2. The normalized spacial score (nSPS) is 58.4. The van der Waals surface area contributed by atoms with Crippen LogP contribution < -0.4 is 0 Å². The van der Waals surface area contributed by atoms with Crippen molar-refractivity contribution in [3.05, 3.63) is 0 Å². The minimum atomic E-state index is -0.128. The Hall–Kier alpha value is -0.370. The molecule has 0 aromatic heterocycles. The number of fused-ring (bicyclic) bond motifs is 7. The Bertz CT molecular complexity index is 842. The standard InChI is InChI=1S/C31H50O2/c1-26(2)21-11-12-28(4)22(20(21)7-10-24(26)33)8-9-23-25-30(6,27(3)13-14-27)16-18-31(25,19-32)17-15-29(23,28)5/h19-25,33H,7-18H2,1-6H3/t20-,21+,22+,23+,24-,25+,28+,29+,30+,31-/m0/s1. The maximum Gasteiger partial charge on any atom is 0.126 e. The van der Waals surface area contributed by atoms with Gasteiger partial charge in [0.1, 0.15) is 6.29 Å². The van der Waals surface area contributed by atoms with Crippen molar-refractivity contribution in [1.82, 2.24) is 0 Å². The van der Waals surface area contributed by atoms with E-state index in [0.29, 0.717) is 39.4 Å². The topological polar surface area (TPSA) is 37.3 Å². The molecule has 6 aliphatic carbocycles. The molecule has 0 aromatic carbocycles. The molecule has 0 spiro atoms. The van der Waals surface area contributed by atoms with Crippen LogP contribution in [0.15, 0.2) is 0 Å². The number of aliphatic hydroxyl groups excluding tert-OH is 1. The second-order valence-corrected chi connectivity index (χ2v) is 15.7. The maximum absolute atomic E-state index is 12.8. The van der Waals surface area contributed by atoms with E-state index >= 15 is 0 Å². The van der Waals surface area contributed by atoms with Crippen LogP contribution >= 0.6 is 0 Å². The summed E-state index contributed by atoms with van der Waals surface area (Å²) in [4.78, 5) is 12.8. The van der Waals surface area contributed by atoms with Crippen molar-refractivity contribution < 1.29 is 9.90 Å².